The molecule has 0 bridgehead atoms. The van der Waals surface area contributed by atoms with Crippen LogP contribution in [0.25, 0.3) is 0 Å². The Bertz CT molecular complexity index is 392. The summed E-state index contributed by atoms with van der Waals surface area (Å²) in [5, 5.41) is 6.17. The van der Waals surface area contributed by atoms with Gasteiger partial charge in [0.05, 0.1) is 6.10 Å². The molecule has 0 amide bonds. The molecule has 0 radical (unpaired) electrons. The van der Waals surface area contributed by atoms with Crippen LogP contribution >= 0.6 is 0 Å². The normalized spacial score (nSPS) is 15.3. The molecule has 0 spiro atoms. The lowest BCUT2D eigenvalue weighted by Crippen LogP contribution is -2.22. The van der Waals surface area contributed by atoms with E-state index >= 15 is 0 Å². The van der Waals surface area contributed by atoms with Crippen LogP contribution in [-0.4, -0.2) is 34.6 Å². The van der Waals surface area contributed by atoms with Crippen LogP contribution in [0.3, 0.4) is 0 Å². The van der Waals surface area contributed by atoms with E-state index in [-0.39, 0.29) is 6.10 Å². The summed E-state index contributed by atoms with van der Waals surface area (Å²) < 4.78 is 5.50. The third-order valence-electron chi connectivity index (χ3n) is 2.95. The van der Waals surface area contributed by atoms with Gasteiger partial charge in [-0.15, -0.1) is 0 Å². The maximum atomic E-state index is 5.50. The monoisotopic (exact) mass is 251 g/mol. The smallest absolute Gasteiger partial charge is 0.323 e. The van der Waals surface area contributed by atoms with E-state index in [1.165, 1.54) is 19.3 Å². The highest BCUT2D eigenvalue weighted by Crippen LogP contribution is 2.26. The fourth-order valence-electron chi connectivity index (χ4n) is 1.74. The Morgan fingerprint density at radius 1 is 1.22 bits per heavy atom. The van der Waals surface area contributed by atoms with Gasteiger partial charge in [0.2, 0.25) is 11.9 Å². The minimum atomic E-state index is 0.0524. The highest BCUT2D eigenvalue weighted by atomic mass is 16.5. The quantitative estimate of drug-likeness (QED) is 0.804. The van der Waals surface area contributed by atoms with Gasteiger partial charge in [0, 0.05) is 13.6 Å². The van der Waals surface area contributed by atoms with Crippen LogP contribution in [0.1, 0.15) is 33.1 Å². The van der Waals surface area contributed by atoms with Crippen LogP contribution in [0.5, 0.6) is 6.01 Å². The summed E-state index contributed by atoms with van der Waals surface area (Å²) in [4.78, 5) is 12.7. The van der Waals surface area contributed by atoms with Crippen LogP contribution < -0.4 is 15.4 Å². The fraction of sp³-hybridized carbons (Fsp3) is 0.750. The lowest BCUT2D eigenvalue weighted by Gasteiger charge is -2.25. The molecule has 0 unspecified atom stereocenters. The van der Waals surface area contributed by atoms with Gasteiger partial charge < -0.3 is 15.4 Å². The minimum Gasteiger partial charge on any atom is -0.461 e. The third-order valence-corrected chi connectivity index (χ3v) is 2.95. The van der Waals surface area contributed by atoms with Gasteiger partial charge in [0.15, 0.2) is 0 Å². The second-order valence-electron chi connectivity index (χ2n) is 4.86. The minimum absolute atomic E-state index is 0.0524. The molecule has 0 atom stereocenters. The molecule has 18 heavy (non-hydrogen) atoms. The zero-order valence-electron chi connectivity index (χ0n) is 11.2. The first-order chi connectivity index (χ1) is 8.67. The second-order valence-corrected chi connectivity index (χ2v) is 4.86. The van der Waals surface area contributed by atoms with Crippen molar-refractivity contribution in [2.75, 3.05) is 24.2 Å². The molecule has 1 fully saturated rings. The number of hydrogen-bond donors (Lipinski definition) is 2. The van der Waals surface area contributed by atoms with Crippen molar-refractivity contribution in [1.29, 1.82) is 0 Å². The van der Waals surface area contributed by atoms with Gasteiger partial charge in [-0.2, -0.15) is 15.0 Å². The number of nitrogens with zero attached hydrogens (tertiary/aromatic N) is 3. The molecule has 2 N–H and O–H groups in total. The first-order valence-electron chi connectivity index (χ1n) is 6.51. The van der Waals surface area contributed by atoms with Crippen LogP contribution in [-0.2, 0) is 0 Å². The number of aromatic nitrogens is 3. The summed E-state index contributed by atoms with van der Waals surface area (Å²) in [5.74, 6) is 1.86. The summed E-state index contributed by atoms with van der Waals surface area (Å²) in [7, 11) is 1.78. The van der Waals surface area contributed by atoms with Gasteiger partial charge in [-0.05, 0) is 32.6 Å². The SMILES string of the molecule is CNc1nc(NCC2CCC2)nc(OC(C)C)n1. The number of rotatable bonds is 6. The molecular formula is C12H21N5O. The highest BCUT2D eigenvalue weighted by Gasteiger charge is 2.17. The summed E-state index contributed by atoms with van der Waals surface area (Å²) >= 11 is 0. The predicted octanol–water partition coefficient (Wildman–Crippen LogP) is 1.91. The Morgan fingerprint density at radius 2 is 1.94 bits per heavy atom. The van der Waals surface area contributed by atoms with Crippen molar-refractivity contribution < 1.29 is 4.74 Å². The number of anilines is 2. The molecule has 6 nitrogen and oxygen atoms in total. The summed E-state index contributed by atoms with van der Waals surface area (Å²) in [5.41, 5.74) is 0. The molecular weight excluding hydrogens is 230 g/mol. The summed E-state index contributed by atoms with van der Waals surface area (Å²) in [6.45, 7) is 4.82. The molecule has 0 saturated heterocycles. The van der Waals surface area contributed by atoms with Crippen molar-refractivity contribution in [1.82, 2.24) is 15.0 Å². The Balaban J connectivity index is 2.02. The summed E-state index contributed by atoms with van der Waals surface area (Å²) in [6.07, 6.45) is 3.99. The standard InChI is InChI=1S/C12H21N5O/c1-8(2)18-12-16-10(13-3)15-11(17-12)14-7-9-5-4-6-9/h8-9H,4-7H2,1-3H3,(H2,13,14,15,16,17). The Morgan fingerprint density at radius 3 is 2.50 bits per heavy atom. The zero-order valence-corrected chi connectivity index (χ0v) is 11.2. The van der Waals surface area contributed by atoms with Crippen molar-refractivity contribution >= 4 is 11.9 Å². The first kappa shape index (κ1) is 12.9. The number of nitrogens with one attached hydrogen (secondary N) is 2. The molecule has 1 aromatic rings. The molecule has 6 heteroatoms. The van der Waals surface area contributed by atoms with Gasteiger partial charge in [-0.1, -0.05) is 6.42 Å². The van der Waals surface area contributed by atoms with E-state index in [4.69, 9.17) is 4.74 Å². The van der Waals surface area contributed by atoms with Gasteiger partial charge in [-0.3, -0.25) is 0 Å². The molecule has 1 aliphatic rings. The van der Waals surface area contributed by atoms with Crippen LogP contribution in [0.15, 0.2) is 0 Å². The van der Waals surface area contributed by atoms with Crippen LogP contribution in [0.4, 0.5) is 11.9 Å². The van der Waals surface area contributed by atoms with Crippen molar-refractivity contribution in [3.05, 3.63) is 0 Å². The average molecular weight is 251 g/mol. The molecule has 100 valence electrons. The topological polar surface area (TPSA) is 72.0 Å². The first-order valence-corrected chi connectivity index (χ1v) is 6.51. The van der Waals surface area contributed by atoms with E-state index in [2.05, 4.69) is 25.6 Å². The van der Waals surface area contributed by atoms with Crippen molar-refractivity contribution in [2.45, 2.75) is 39.2 Å². The maximum Gasteiger partial charge on any atom is 0.323 e. The van der Waals surface area contributed by atoms with E-state index in [1.54, 1.807) is 7.05 Å². The zero-order chi connectivity index (χ0) is 13.0. The number of hydrogen-bond acceptors (Lipinski definition) is 6. The molecule has 1 aromatic heterocycles. The van der Waals surface area contributed by atoms with E-state index in [9.17, 15) is 0 Å². The lowest BCUT2D eigenvalue weighted by atomic mass is 9.85. The molecule has 0 aliphatic heterocycles. The van der Waals surface area contributed by atoms with Gasteiger partial charge >= 0.3 is 6.01 Å². The predicted molar refractivity (Wildman–Crippen MR) is 71.0 cm³/mol. The Labute approximate surface area is 108 Å². The second kappa shape index (κ2) is 5.84. The van der Waals surface area contributed by atoms with Crippen LogP contribution in [0.2, 0.25) is 0 Å². The van der Waals surface area contributed by atoms with E-state index in [0.29, 0.717) is 17.9 Å². The lowest BCUT2D eigenvalue weighted by molar-refractivity contribution is 0.222. The Kier molecular flexibility index (Phi) is 4.17. The summed E-state index contributed by atoms with van der Waals surface area (Å²) in [6, 6.07) is 0.362. The van der Waals surface area contributed by atoms with Crippen molar-refractivity contribution in [2.24, 2.45) is 5.92 Å². The molecule has 0 aromatic carbocycles. The van der Waals surface area contributed by atoms with E-state index < -0.39 is 0 Å². The molecule has 1 saturated carbocycles. The van der Waals surface area contributed by atoms with Crippen LogP contribution in [0, 0.1) is 5.92 Å². The van der Waals surface area contributed by atoms with E-state index in [1.807, 2.05) is 13.8 Å². The highest BCUT2D eigenvalue weighted by molar-refractivity contribution is 5.35. The molecule has 1 heterocycles. The third kappa shape index (κ3) is 3.45. The largest absolute Gasteiger partial charge is 0.461 e. The average Bonchev–Trinajstić information content (AvgIpc) is 2.25. The Hall–Kier alpha value is -1.59. The van der Waals surface area contributed by atoms with Gasteiger partial charge in [0.25, 0.3) is 0 Å². The van der Waals surface area contributed by atoms with Crippen molar-refractivity contribution in [3.8, 4) is 6.01 Å². The van der Waals surface area contributed by atoms with E-state index in [0.717, 1.165) is 12.5 Å². The number of ether oxygens (including phenoxy) is 1. The molecule has 1 aliphatic carbocycles. The molecule has 2 rings (SSSR count). The van der Waals surface area contributed by atoms with Gasteiger partial charge in [0.1, 0.15) is 0 Å². The fourth-order valence-corrected chi connectivity index (χ4v) is 1.74. The maximum absolute atomic E-state index is 5.50. The van der Waals surface area contributed by atoms with Crippen molar-refractivity contribution in [3.63, 3.8) is 0 Å². The van der Waals surface area contributed by atoms with Gasteiger partial charge in [-0.25, -0.2) is 0 Å².